The molecule has 0 heterocycles. The third kappa shape index (κ3) is 81.7. The first-order valence-corrected chi connectivity index (χ1v) is 40.7. The van der Waals surface area contributed by atoms with Gasteiger partial charge < -0.3 is 14.6 Å². The minimum atomic E-state index is -0.790. The predicted molar refractivity (Wildman–Crippen MR) is 426 cm³/mol. The number of allylic oxidation sites excluding steroid dienone is 28. The van der Waals surface area contributed by atoms with Crippen molar-refractivity contribution in [1.82, 2.24) is 0 Å². The Hall–Kier alpha value is -4.74. The maximum atomic E-state index is 12.4. The number of rotatable bonds is 74. The minimum Gasteiger partial charge on any atom is -0.462 e. The molecule has 0 aliphatic rings. The van der Waals surface area contributed by atoms with Crippen LogP contribution in [0.25, 0.3) is 0 Å². The van der Waals surface area contributed by atoms with Crippen LogP contribution >= 0.6 is 0 Å². The van der Waals surface area contributed by atoms with E-state index in [0.717, 1.165) is 128 Å². The van der Waals surface area contributed by atoms with E-state index in [-0.39, 0.29) is 25.2 Å². The summed E-state index contributed by atoms with van der Waals surface area (Å²) in [4.78, 5) is 24.7. The van der Waals surface area contributed by atoms with Gasteiger partial charge in [0.2, 0.25) is 0 Å². The van der Waals surface area contributed by atoms with Crippen LogP contribution in [-0.2, 0) is 19.1 Å². The molecule has 0 fully saturated rings. The number of aliphatic hydroxyl groups excluding tert-OH is 1. The number of hydrogen-bond acceptors (Lipinski definition) is 5. The molecule has 0 rings (SSSR count). The smallest absolute Gasteiger partial charge is 0.306 e. The maximum absolute atomic E-state index is 12.4. The van der Waals surface area contributed by atoms with Crippen LogP contribution in [0.1, 0.15) is 373 Å². The highest BCUT2D eigenvalue weighted by Crippen LogP contribution is 2.18. The molecule has 0 aliphatic heterocycles. The zero-order valence-corrected chi connectivity index (χ0v) is 62.8. The van der Waals surface area contributed by atoms with Crippen LogP contribution in [0.2, 0.25) is 0 Å². The average Bonchev–Trinajstić information content (AvgIpc) is 3.79. The van der Waals surface area contributed by atoms with E-state index in [1.54, 1.807) is 0 Å². The predicted octanol–water partition coefficient (Wildman–Crippen LogP) is 29.1. The zero-order chi connectivity index (χ0) is 69.0. The van der Waals surface area contributed by atoms with Gasteiger partial charge in [0.25, 0.3) is 0 Å². The monoisotopic (exact) mass is 1330 g/mol. The summed E-state index contributed by atoms with van der Waals surface area (Å²) >= 11 is 0. The Labute approximate surface area is 595 Å². The Morgan fingerprint density at radius 3 is 0.677 bits per heavy atom. The SMILES string of the molecule is CC/C=C\C/C=C\C/C=C\C/C=C\C/C=C\C/C=C\C/C=C\C/C=C\C/C=C\C/C=C\C/C=C\CCCCCCCCCC(=O)OC(CO)COC(=O)CCCCCCCCCCCCCCCCCCCCCCCCCCCC/C=C\C/C=C\C/C=C\CCCCCCC. The van der Waals surface area contributed by atoms with Crippen molar-refractivity contribution >= 4 is 11.9 Å². The van der Waals surface area contributed by atoms with Crippen molar-refractivity contribution in [2.75, 3.05) is 13.2 Å². The Kier molecular flexibility index (Phi) is 80.3. The third-order valence-corrected chi connectivity index (χ3v) is 17.5. The van der Waals surface area contributed by atoms with E-state index in [1.807, 2.05) is 0 Å². The molecule has 0 spiro atoms. The van der Waals surface area contributed by atoms with Crippen LogP contribution in [0.4, 0.5) is 0 Å². The van der Waals surface area contributed by atoms with Crippen molar-refractivity contribution in [3.63, 3.8) is 0 Å². The maximum Gasteiger partial charge on any atom is 0.306 e. The molecule has 5 heteroatoms. The van der Waals surface area contributed by atoms with Crippen LogP contribution in [0.15, 0.2) is 170 Å². The molecule has 1 unspecified atom stereocenters. The molecule has 0 saturated heterocycles. The molecular weight excluding hydrogens is 1170 g/mol. The second-order valence-corrected chi connectivity index (χ2v) is 26.8. The molecule has 546 valence electrons. The van der Waals surface area contributed by atoms with E-state index in [2.05, 4.69) is 184 Å². The number of carbonyl (C=O) groups is 2. The van der Waals surface area contributed by atoms with Crippen LogP contribution in [0.5, 0.6) is 0 Å². The quantitative estimate of drug-likeness (QED) is 0.0373. The molecule has 1 N–H and O–H groups in total. The summed E-state index contributed by atoms with van der Waals surface area (Å²) in [6.45, 7) is 4.03. The van der Waals surface area contributed by atoms with Gasteiger partial charge in [-0.05, 0) is 135 Å². The molecule has 0 aromatic carbocycles. The van der Waals surface area contributed by atoms with Gasteiger partial charge in [-0.1, -0.05) is 396 Å². The third-order valence-electron chi connectivity index (χ3n) is 17.5. The van der Waals surface area contributed by atoms with Crippen molar-refractivity contribution in [3.05, 3.63) is 170 Å². The van der Waals surface area contributed by atoms with Crippen LogP contribution in [-0.4, -0.2) is 36.4 Å². The number of hydrogen-bond donors (Lipinski definition) is 1. The lowest BCUT2D eigenvalue weighted by Gasteiger charge is -2.15. The van der Waals surface area contributed by atoms with Crippen molar-refractivity contribution < 1.29 is 24.2 Å². The van der Waals surface area contributed by atoms with Crippen LogP contribution in [0.3, 0.4) is 0 Å². The van der Waals surface area contributed by atoms with Gasteiger partial charge in [0.15, 0.2) is 6.10 Å². The molecule has 0 bridgehead atoms. The lowest BCUT2D eigenvalue weighted by atomic mass is 10.0. The molecule has 0 saturated carbocycles. The summed E-state index contributed by atoms with van der Waals surface area (Å²) in [5.41, 5.74) is 0. The number of esters is 2. The minimum absolute atomic E-state index is 0.0757. The molecular formula is C91H152O5. The summed E-state index contributed by atoms with van der Waals surface area (Å²) in [6.07, 6.45) is 130. The van der Waals surface area contributed by atoms with Gasteiger partial charge in [0.1, 0.15) is 6.61 Å². The van der Waals surface area contributed by atoms with Crippen molar-refractivity contribution in [2.45, 2.75) is 380 Å². The fourth-order valence-electron chi connectivity index (χ4n) is 11.5. The first-order valence-electron chi connectivity index (χ1n) is 40.7. The van der Waals surface area contributed by atoms with Gasteiger partial charge in [-0.15, -0.1) is 0 Å². The molecule has 0 aliphatic carbocycles. The first-order chi connectivity index (χ1) is 47.6. The second-order valence-electron chi connectivity index (χ2n) is 26.8. The summed E-state index contributed by atoms with van der Waals surface area (Å²) in [7, 11) is 0. The Bertz CT molecular complexity index is 2050. The summed E-state index contributed by atoms with van der Waals surface area (Å²) in [6, 6.07) is 0. The number of aliphatic hydroxyl groups is 1. The van der Waals surface area contributed by atoms with E-state index in [9.17, 15) is 14.7 Å². The summed E-state index contributed by atoms with van der Waals surface area (Å²) in [5, 5.41) is 9.73. The highest BCUT2D eigenvalue weighted by molar-refractivity contribution is 5.70. The first kappa shape index (κ1) is 91.3. The highest BCUT2D eigenvalue weighted by Gasteiger charge is 2.16. The van der Waals surface area contributed by atoms with Gasteiger partial charge in [0, 0.05) is 12.8 Å². The molecule has 96 heavy (non-hydrogen) atoms. The highest BCUT2D eigenvalue weighted by atomic mass is 16.6. The Morgan fingerprint density at radius 2 is 0.448 bits per heavy atom. The lowest BCUT2D eigenvalue weighted by molar-refractivity contribution is -0.161. The Balaban J connectivity index is 3.51. The number of ether oxygens (including phenoxy) is 2. The second kappa shape index (κ2) is 84.5. The van der Waals surface area contributed by atoms with E-state index < -0.39 is 6.10 Å². The number of unbranched alkanes of at least 4 members (excludes halogenated alkanes) is 38. The van der Waals surface area contributed by atoms with Gasteiger partial charge in [-0.25, -0.2) is 0 Å². The van der Waals surface area contributed by atoms with E-state index >= 15 is 0 Å². The van der Waals surface area contributed by atoms with Gasteiger partial charge in [0.05, 0.1) is 6.61 Å². The van der Waals surface area contributed by atoms with E-state index in [0.29, 0.717) is 12.8 Å². The van der Waals surface area contributed by atoms with Crippen molar-refractivity contribution in [1.29, 1.82) is 0 Å². The molecule has 0 aromatic heterocycles. The van der Waals surface area contributed by atoms with Gasteiger partial charge >= 0.3 is 11.9 Å². The average molecular weight is 1330 g/mol. The molecule has 0 amide bonds. The molecule has 1 atom stereocenters. The summed E-state index contributed by atoms with van der Waals surface area (Å²) in [5.74, 6) is -0.599. The van der Waals surface area contributed by atoms with Crippen LogP contribution in [0, 0.1) is 0 Å². The van der Waals surface area contributed by atoms with Crippen molar-refractivity contribution in [2.24, 2.45) is 0 Å². The van der Waals surface area contributed by atoms with E-state index in [4.69, 9.17) is 9.47 Å². The van der Waals surface area contributed by atoms with Gasteiger partial charge in [-0.2, -0.15) is 0 Å². The summed E-state index contributed by atoms with van der Waals surface area (Å²) < 4.78 is 10.8. The van der Waals surface area contributed by atoms with Gasteiger partial charge in [-0.3, -0.25) is 9.59 Å². The largest absolute Gasteiger partial charge is 0.462 e. The van der Waals surface area contributed by atoms with Crippen LogP contribution < -0.4 is 0 Å². The zero-order valence-electron chi connectivity index (χ0n) is 62.8. The van der Waals surface area contributed by atoms with E-state index in [1.165, 1.54) is 218 Å². The molecule has 5 nitrogen and oxygen atoms in total. The Morgan fingerprint density at radius 1 is 0.250 bits per heavy atom. The van der Waals surface area contributed by atoms with Crippen molar-refractivity contribution in [3.8, 4) is 0 Å². The topological polar surface area (TPSA) is 72.8 Å². The lowest BCUT2D eigenvalue weighted by Crippen LogP contribution is -2.28. The molecule has 0 radical (unpaired) electrons. The fourth-order valence-corrected chi connectivity index (χ4v) is 11.5. The fraction of sp³-hybridized carbons (Fsp3) is 0.670. The molecule has 0 aromatic rings. The number of carbonyl (C=O) groups excluding carboxylic acids is 2. The normalized spacial score (nSPS) is 13.2. The standard InChI is InChI=1S/C91H152O5/c1-3-5-7-9-11-13-15-17-19-21-23-25-27-29-31-33-35-37-39-41-43-45-47-49-51-53-55-57-59-61-63-65-67-69-71-73-75-77-79-81-83-85-90(93)95-88-89(87-92)96-91(94)86-84-82-80-78-76-74-72-70-68-66-64-62-60-58-56-54-52-50-48-46-44-42-40-38-36-34-32-30-28-26-24-22-20-18-16-14-12-10-8-6-4-2/h6,8,12,14-15,17-18,20-21,23-24,26-27,29-30,32,36,38,42,44,48,50,54,56,60,62,66,68,89,92H,3-5,7,9-11,13,16,19,22,25,28,31,33-35,37,39-41,43,45-47,49,51-53,55,57-59,61,63-65,67,69-88H2,1-2H3/b8-6-,14-12-,17-15-,20-18-,23-21-,26-24-,29-27-,32-30-,38-36-,44-42-,50-48-,56-54-,62-60-,68-66-.